The van der Waals surface area contributed by atoms with Crippen molar-refractivity contribution in [1.82, 2.24) is 15.8 Å². The van der Waals surface area contributed by atoms with Crippen LogP contribution in [-0.2, 0) is 22.4 Å². The molecule has 8 heteroatoms. The number of rotatable bonds is 11. The Labute approximate surface area is 155 Å². The molecule has 0 spiro atoms. The number of nitrogens with zero attached hydrogens (tertiary/aromatic N) is 2. The number of guanidine groups is 1. The molecule has 0 fully saturated rings. The molecule has 0 atom stereocenters. The highest BCUT2D eigenvalue weighted by molar-refractivity contribution is 14.0. The monoisotopic (exact) mass is 440 g/mol. The van der Waals surface area contributed by atoms with Crippen LogP contribution in [-0.4, -0.2) is 51.1 Å². The Morgan fingerprint density at radius 3 is 2.74 bits per heavy atom. The van der Waals surface area contributed by atoms with Crippen molar-refractivity contribution in [1.29, 1.82) is 0 Å². The standard InChI is InChI=1S/C15H28N4O3.HI/c1-4-13-11-14(22-19-13)12-18-15(16-5-2)17-7-6-8-21-10-9-20-3;/h11H,4-10,12H2,1-3H3,(H2,16,17,18);1H. The van der Waals surface area contributed by atoms with E-state index < -0.39 is 0 Å². The smallest absolute Gasteiger partial charge is 0.191 e. The molecule has 134 valence electrons. The van der Waals surface area contributed by atoms with Crippen molar-refractivity contribution in [3.8, 4) is 0 Å². The molecule has 1 rings (SSSR count). The fourth-order valence-electron chi connectivity index (χ4n) is 1.72. The molecule has 0 saturated carbocycles. The van der Waals surface area contributed by atoms with Gasteiger partial charge in [0.25, 0.3) is 0 Å². The Bertz CT molecular complexity index is 427. The summed E-state index contributed by atoms with van der Waals surface area (Å²) in [5.41, 5.74) is 0.955. The van der Waals surface area contributed by atoms with Gasteiger partial charge < -0.3 is 24.6 Å². The lowest BCUT2D eigenvalue weighted by Gasteiger charge is -2.10. The summed E-state index contributed by atoms with van der Waals surface area (Å²) in [6.45, 7) is 8.15. The summed E-state index contributed by atoms with van der Waals surface area (Å²) in [4.78, 5) is 4.48. The van der Waals surface area contributed by atoms with Crippen molar-refractivity contribution in [2.75, 3.05) is 40.0 Å². The fraction of sp³-hybridized carbons (Fsp3) is 0.733. The molecule has 2 N–H and O–H groups in total. The molecule has 1 aromatic heterocycles. The summed E-state index contributed by atoms with van der Waals surface area (Å²) in [6.07, 6.45) is 1.78. The van der Waals surface area contributed by atoms with Gasteiger partial charge in [0.1, 0.15) is 6.54 Å². The Balaban J connectivity index is 0.00000484. The number of halogens is 1. The van der Waals surface area contributed by atoms with Gasteiger partial charge in [0.05, 0.1) is 18.9 Å². The second-order valence-electron chi connectivity index (χ2n) is 4.72. The van der Waals surface area contributed by atoms with E-state index in [9.17, 15) is 0 Å². The minimum Gasteiger partial charge on any atom is -0.382 e. The lowest BCUT2D eigenvalue weighted by Crippen LogP contribution is -2.38. The molecule has 0 aromatic carbocycles. The maximum atomic E-state index is 5.41. The van der Waals surface area contributed by atoms with E-state index in [0.29, 0.717) is 26.4 Å². The predicted octanol–water partition coefficient (Wildman–Crippen LogP) is 1.96. The molecular formula is C15H29IN4O3. The van der Waals surface area contributed by atoms with E-state index in [1.165, 1.54) is 0 Å². The first-order valence-electron chi connectivity index (χ1n) is 7.83. The van der Waals surface area contributed by atoms with Crippen LogP contribution in [0.25, 0.3) is 0 Å². The van der Waals surface area contributed by atoms with Gasteiger partial charge in [-0.3, -0.25) is 0 Å². The molecular weight excluding hydrogens is 411 g/mol. The van der Waals surface area contributed by atoms with E-state index >= 15 is 0 Å². The fourth-order valence-corrected chi connectivity index (χ4v) is 1.72. The molecule has 0 aliphatic carbocycles. The van der Waals surface area contributed by atoms with Gasteiger partial charge >= 0.3 is 0 Å². The molecule has 0 unspecified atom stereocenters. The minimum atomic E-state index is 0. The summed E-state index contributed by atoms with van der Waals surface area (Å²) in [6, 6.07) is 1.94. The maximum Gasteiger partial charge on any atom is 0.191 e. The summed E-state index contributed by atoms with van der Waals surface area (Å²) in [7, 11) is 1.67. The van der Waals surface area contributed by atoms with Gasteiger partial charge in [-0.25, -0.2) is 4.99 Å². The van der Waals surface area contributed by atoms with E-state index in [0.717, 1.165) is 43.3 Å². The Hall–Kier alpha value is -0.870. The third kappa shape index (κ3) is 10.5. The van der Waals surface area contributed by atoms with Crippen molar-refractivity contribution in [2.24, 2.45) is 4.99 Å². The zero-order valence-corrected chi connectivity index (χ0v) is 16.6. The van der Waals surface area contributed by atoms with E-state index in [1.54, 1.807) is 7.11 Å². The van der Waals surface area contributed by atoms with Gasteiger partial charge in [-0.15, -0.1) is 24.0 Å². The number of hydrogen-bond donors (Lipinski definition) is 2. The lowest BCUT2D eigenvalue weighted by atomic mass is 10.3. The quantitative estimate of drug-likeness (QED) is 0.237. The number of methoxy groups -OCH3 is 1. The van der Waals surface area contributed by atoms with Gasteiger partial charge in [-0.05, 0) is 19.8 Å². The first kappa shape index (κ1) is 22.1. The largest absolute Gasteiger partial charge is 0.382 e. The summed E-state index contributed by atoms with van der Waals surface area (Å²) < 4.78 is 15.6. The van der Waals surface area contributed by atoms with Crippen molar-refractivity contribution < 1.29 is 14.0 Å². The molecule has 23 heavy (non-hydrogen) atoms. The highest BCUT2D eigenvalue weighted by Gasteiger charge is 2.03. The molecule has 0 bridgehead atoms. The molecule has 1 heterocycles. The number of aromatic nitrogens is 1. The molecule has 0 aliphatic rings. The number of aliphatic imine (C=N–C) groups is 1. The van der Waals surface area contributed by atoms with Crippen LogP contribution in [0.3, 0.4) is 0 Å². The van der Waals surface area contributed by atoms with Crippen LogP contribution >= 0.6 is 24.0 Å². The van der Waals surface area contributed by atoms with Crippen LogP contribution in [0.4, 0.5) is 0 Å². The number of ether oxygens (including phenoxy) is 2. The zero-order chi connectivity index (χ0) is 16.0. The molecule has 0 saturated heterocycles. The van der Waals surface area contributed by atoms with Crippen LogP contribution < -0.4 is 10.6 Å². The van der Waals surface area contributed by atoms with Crippen molar-refractivity contribution >= 4 is 29.9 Å². The van der Waals surface area contributed by atoms with Crippen molar-refractivity contribution in [2.45, 2.75) is 33.2 Å². The van der Waals surface area contributed by atoms with Gasteiger partial charge in [0.2, 0.25) is 0 Å². The topological polar surface area (TPSA) is 80.9 Å². The summed E-state index contributed by atoms with van der Waals surface area (Å²) in [5, 5.41) is 10.4. The number of aryl methyl sites for hydroxylation is 1. The Kier molecular flexibility index (Phi) is 14.1. The van der Waals surface area contributed by atoms with Crippen LogP contribution in [0.5, 0.6) is 0 Å². The van der Waals surface area contributed by atoms with Gasteiger partial charge in [-0.2, -0.15) is 0 Å². The average molecular weight is 440 g/mol. The SMILES string of the molecule is CCNC(=NCc1cc(CC)no1)NCCCOCCOC.I. The molecule has 1 aromatic rings. The zero-order valence-electron chi connectivity index (χ0n) is 14.3. The first-order valence-corrected chi connectivity index (χ1v) is 7.83. The van der Waals surface area contributed by atoms with Crippen molar-refractivity contribution in [3.05, 3.63) is 17.5 Å². The summed E-state index contributed by atoms with van der Waals surface area (Å²) in [5.74, 6) is 1.55. The Morgan fingerprint density at radius 2 is 2.09 bits per heavy atom. The van der Waals surface area contributed by atoms with Gasteiger partial charge in [-0.1, -0.05) is 12.1 Å². The van der Waals surface area contributed by atoms with E-state index in [-0.39, 0.29) is 24.0 Å². The normalized spacial score (nSPS) is 11.2. The highest BCUT2D eigenvalue weighted by Crippen LogP contribution is 2.05. The maximum absolute atomic E-state index is 5.41. The third-order valence-electron chi connectivity index (χ3n) is 2.90. The third-order valence-corrected chi connectivity index (χ3v) is 2.90. The molecule has 0 radical (unpaired) electrons. The van der Waals surface area contributed by atoms with E-state index in [2.05, 4.69) is 20.8 Å². The average Bonchev–Trinajstić information content (AvgIpc) is 2.99. The first-order chi connectivity index (χ1) is 10.8. The van der Waals surface area contributed by atoms with Crippen LogP contribution in [0.2, 0.25) is 0 Å². The molecule has 0 aliphatic heterocycles. The minimum absolute atomic E-state index is 0. The summed E-state index contributed by atoms with van der Waals surface area (Å²) >= 11 is 0. The second-order valence-corrected chi connectivity index (χ2v) is 4.72. The van der Waals surface area contributed by atoms with Gasteiger partial charge in [0.15, 0.2) is 11.7 Å². The molecule has 0 amide bonds. The highest BCUT2D eigenvalue weighted by atomic mass is 127. The van der Waals surface area contributed by atoms with Crippen LogP contribution in [0.1, 0.15) is 31.7 Å². The van der Waals surface area contributed by atoms with E-state index in [4.69, 9.17) is 14.0 Å². The number of hydrogen-bond acceptors (Lipinski definition) is 5. The lowest BCUT2D eigenvalue weighted by molar-refractivity contribution is 0.0698. The number of nitrogens with one attached hydrogen (secondary N) is 2. The molecule has 7 nitrogen and oxygen atoms in total. The van der Waals surface area contributed by atoms with Crippen LogP contribution in [0, 0.1) is 0 Å². The second kappa shape index (κ2) is 14.7. The van der Waals surface area contributed by atoms with Crippen molar-refractivity contribution in [3.63, 3.8) is 0 Å². The predicted molar refractivity (Wildman–Crippen MR) is 101 cm³/mol. The Morgan fingerprint density at radius 1 is 1.26 bits per heavy atom. The van der Waals surface area contributed by atoms with Gasteiger partial charge in [0, 0.05) is 32.9 Å². The van der Waals surface area contributed by atoms with Crippen LogP contribution in [0.15, 0.2) is 15.6 Å². The van der Waals surface area contributed by atoms with E-state index in [1.807, 2.05) is 19.9 Å².